The normalized spacial score (nSPS) is 14.3. The third-order valence-electron chi connectivity index (χ3n) is 5.04. The van der Waals surface area contributed by atoms with E-state index in [0.717, 1.165) is 16.8 Å². The molecule has 0 spiro atoms. The summed E-state index contributed by atoms with van der Waals surface area (Å²) in [6.07, 6.45) is 0. The molecule has 1 aliphatic rings. The molecule has 0 aliphatic carbocycles. The second-order valence-corrected chi connectivity index (χ2v) is 6.98. The summed E-state index contributed by atoms with van der Waals surface area (Å²) in [7, 11) is 0. The quantitative estimate of drug-likeness (QED) is 0.700. The third kappa shape index (κ3) is 4.25. The molecule has 1 heterocycles. The Kier molecular flexibility index (Phi) is 5.88. The Morgan fingerprint density at radius 2 is 1.50 bits per heavy atom. The van der Waals surface area contributed by atoms with Crippen LogP contribution >= 0.6 is 0 Å². The fourth-order valence-electron chi connectivity index (χ4n) is 3.49. The number of ether oxygens (including phenoxy) is 1. The number of carboxylic acids is 1. The van der Waals surface area contributed by atoms with Crippen molar-refractivity contribution in [3.05, 3.63) is 90.0 Å². The van der Waals surface area contributed by atoms with E-state index in [9.17, 15) is 9.59 Å². The molecule has 30 heavy (non-hydrogen) atoms. The van der Waals surface area contributed by atoms with E-state index in [1.165, 1.54) is 0 Å². The van der Waals surface area contributed by atoms with Gasteiger partial charge in [0.05, 0.1) is 24.5 Å². The Morgan fingerprint density at radius 1 is 0.800 bits per heavy atom. The molecular weight excluding hydrogens is 380 g/mol. The zero-order valence-corrected chi connectivity index (χ0v) is 16.4. The topological polar surface area (TPSA) is 70.1 Å². The van der Waals surface area contributed by atoms with Gasteiger partial charge < -0.3 is 9.84 Å². The van der Waals surface area contributed by atoms with Crippen LogP contribution in [0.3, 0.4) is 0 Å². The van der Waals surface area contributed by atoms with E-state index in [1.54, 1.807) is 35.3 Å². The summed E-state index contributed by atoms with van der Waals surface area (Å²) >= 11 is 0. The van der Waals surface area contributed by atoms with Crippen LogP contribution in [0.25, 0.3) is 11.1 Å². The first-order chi connectivity index (χ1) is 14.6. The summed E-state index contributed by atoms with van der Waals surface area (Å²) in [5.74, 6) is -1.08. The molecule has 0 unspecified atom stereocenters. The number of aromatic carboxylic acids is 1. The van der Waals surface area contributed by atoms with Gasteiger partial charge in [-0.15, -0.1) is 0 Å². The van der Waals surface area contributed by atoms with Crippen molar-refractivity contribution in [2.45, 2.75) is 0 Å². The van der Waals surface area contributed by atoms with Gasteiger partial charge in [0.1, 0.15) is 0 Å². The van der Waals surface area contributed by atoms with Gasteiger partial charge in [0, 0.05) is 18.7 Å². The van der Waals surface area contributed by atoms with Crippen molar-refractivity contribution in [2.75, 3.05) is 31.3 Å². The zero-order chi connectivity index (χ0) is 20.9. The molecule has 0 aromatic heterocycles. The highest BCUT2D eigenvalue weighted by Gasteiger charge is 2.26. The predicted molar refractivity (Wildman–Crippen MR) is 114 cm³/mol. The van der Waals surface area contributed by atoms with Crippen LogP contribution < -0.4 is 5.01 Å². The molecule has 152 valence electrons. The molecule has 4 rings (SSSR count). The minimum absolute atomic E-state index is 0.118. The number of para-hydroxylation sites is 1. The Hall–Kier alpha value is -3.48. The number of benzene rings is 3. The van der Waals surface area contributed by atoms with E-state index in [1.807, 2.05) is 53.5 Å². The van der Waals surface area contributed by atoms with Gasteiger partial charge in [-0.3, -0.25) is 4.79 Å². The van der Waals surface area contributed by atoms with Crippen LogP contribution in [0.2, 0.25) is 0 Å². The van der Waals surface area contributed by atoms with Gasteiger partial charge in [-0.25, -0.2) is 14.8 Å². The number of nitrogens with zero attached hydrogens (tertiary/aromatic N) is 2. The first kappa shape index (κ1) is 19.8. The van der Waals surface area contributed by atoms with Gasteiger partial charge in [-0.2, -0.15) is 0 Å². The van der Waals surface area contributed by atoms with Crippen molar-refractivity contribution in [2.24, 2.45) is 0 Å². The SMILES string of the molecule is O=C(O)c1ccc(-c2cccc(C(=O)N(c3ccccc3)N3CCOCC3)c2)cc1. The van der Waals surface area contributed by atoms with Crippen molar-refractivity contribution in [1.29, 1.82) is 0 Å². The summed E-state index contributed by atoms with van der Waals surface area (Å²) in [5, 5.41) is 12.8. The van der Waals surface area contributed by atoms with Crippen molar-refractivity contribution < 1.29 is 19.4 Å². The van der Waals surface area contributed by atoms with Crippen LogP contribution in [0.4, 0.5) is 5.69 Å². The molecule has 0 bridgehead atoms. The van der Waals surface area contributed by atoms with E-state index < -0.39 is 5.97 Å². The lowest BCUT2D eigenvalue weighted by molar-refractivity contribution is 0.0300. The maximum Gasteiger partial charge on any atom is 0.335 e. The molecule has 1 aliphatic heterocycles. The largest absolute Gasteiger partial charge is 0.478 e. The van der Waals surface area contributed by atoms with E-state index in [4.69, 9.17) is 9.84 Å². The summed E-state index contributed by atoms with van der Waals surface area (Å²) in [4.78, 5) is 24.6. The maximum absolute atomic E-state index is 13.5. The highest BCUT2D eigenvalue weighted by Crippen LogP contribution is 2.25. The lowest BCUT2D eigenvalue weighted by Crippen LogP contribution is -2.52. The second kappa shape index (κ2) is 8.90. The smallest absolute Gasteiger partial charge is 0.335 e. The number of rotatable bonds is 5. The minimum atomic E-state index is -0.963. The number of carbonyl (C=O) groups is 2. The number of amides is 1. The Bertz CT molecular complexity index is 1030. The lowest BCUT2D eigenvalue weighted by atomic mass is 10.0. The molecule has 3 aromatic rings. The summed E-state index contributed by atoms with van der Waals surface area (Å²) < 4.78 is 5.45. The van der Waals surface area contributed by atoms with Crippen LogP contribution in [0, 0.1) is 0 Å². The average molecular weight is 402 g/mol. The van der Waals surface area contributed by atoms with E-state index in [-0.39, 0.29) is 11.5 Å². The number of carbonyl (C=O) groups excluding carboxylic acids is 1. The van der Waals surface area contributed by atoms with E-state index in [2.05, 4.69) is 0 Å². The molecule has 1 amide bonds. The van der Waals surface area contributed by atoms with Crippen molar-refractivity contribution in [3.63, 3.8) is 0 Å². The number of hydrogen-bond acceptors (Lipinski definition) is 4. The fraction of sp³-hybridized carbons (Fsp3) is 0.167. The van der Waals surface area contributed by atoms with Crippen LogP contribution in [-0.2, 0) is 4.74 Å². The highest BCUT2D eigenvalue weighted by molar-refractivity contribution is 6.06. The second-order valence-electron chi connectivity index (χ2n) is 6.98. The van der Waals surface area contributed by atoms with Gasteiger partial charge in [0.25, 0.3) is 5.91 Å². The third-order valence-corrected chi connectivity index (χ3v) is 5.04. The molecular formula is C24H22N2O4. The van der Waals surface area contributed by atoms with E-state index in [0.29, 0.717) is 31.9 Å². The van der Waals surface area contributed by atoms with Crippen molar-refractivity contribution in [3.8, 4) is 11.1 Å². The molecule has 0 atom stereocenters. The maximum atomic E-state index is 13.5. The van der Waals surface area contributed by atoms with Crippen LogP contribution in [0.15, 0.2) is 78.9 Å². The van der Waals surface area contributed by atoms with Crippen molar-refractivity contribution >= 4 is 17.6 Å². The molecule has 1 fully saturated rings. The number of hydrazine groups is 1. The van der Waals surface area contributed by atoms with Crippen LogP contribution in [0.1, 0.15) is 20.7 Å². The first-order valence-corrected chi connectivity index (χ1v) is 9.79. The number of hydrogen-bond donors (Lipinski definition) is 1. The molecule has 1 N–H and O–H groups in total. The molecule has 0 saturated carbocycles. The average Bonchev–Trinajstić information content (AvgIpc) is 2.81. The lowest BCUT2D eigenvalue weighted by Gasteiger charge is -2.37. The fourth-order valence-corrected chi connectivity index (χ4v) is 3.49. The standard InChI is InChI=1S/C24H22N2O4/c27-23(26(22-7-2-1-3-8-22)25-13-15-30-16-14-25)21-6-4-5-20(17-21)18-9-11-19(12-10-18)24(28)29/h1-12,17H,13-16H2,(H,28,29). The molecule has 0 radical (unpaired) electrons. The Balaban J connectivity index is 1.66. The van der Waals surface area contributed by atoms with Gasteiger partial charge in [0.2, 0.25) is 0 Å². The van der Waals surface area contributed by atoms with Gasteiger partial charge in [0.15, 0.2) is 0 Å². The Labute approximate surface area is 174 Å². The monoisotopic (exact) mass is 402 g/mol. The van der Waals surface area contributed by atoms with Crippen LogP contribution in [-0.4, -0.2) is 48.3 Å². The van der Waals surface area contributed by atoms with Gasteiger partial charge in [-0.05, 0) is 47.5 Å². The zero-order valence-electron chi connectivity index (χ0n) is 16.4. The summed E-state index contributed by atoms with van der Waals surface area (Å²) in [6, 6.07) is 23.6. The molecule has 6 heteroatoms. The number of morpholine rings is 1. The summed E-state index contributed by atoms with van der Waals surface area (Å²) in [5.41, 5.74) is 3.30. The molecule has 6 nitrogen and oxygen atoms in total. The van der Waals surface area contributed by atoms with Crippen LogP contribution in [0.5, 0.6) is 0 Å². The van der Waals surface area contributed by atoms with E-state index >= 15 is 0 Å². The van der Waals surface area contributed by atoms with Gasteiger partial charge >= 0.3 is 5.97 Å². The number of carboxylic acid groups (broad SMARTS) is 1. The highest BCUT2D eigenvalue weighted by atomic mass is 16.5. The predicted octanol–water partition coefficient (Wildman–Crippen LogP) is 3.95. The molecule has 3 aromatic carbocycles. The first-order valence-electron chi connectivity index (χ1n) is 9.79. The van der Waals surface area contributed by atoms with Gasteiger partial charge in [-0.1, -0.05) is 42.5 Å². The molecule has 1 saturated heterocycles. The minimum Gasteiger partial charge on any atom is -0.478 e. The number of anilines is 1. The summed E-state index contributed by atoms with van der Waals surface area (Å²) in [6.45, 7) is 2.42. The van der Waals surface area contributed by atoms with Crippen molar-refractivity contribution in [1.82, 2.24) is 5.01 Å². The Morgan fingerprint density at radius 3 is 2.17 bits per heavy atom.